The van der Waals surface area contributed by atoms with Gasteiger partial charge >= 0.3 is 0 Å². The summed E-state index contributed by atoms with van der Waals surface area (Å²) in [5, 5.41) is 3.34. The molecule has 3 rings (SSSR count). The molecule has 0 saturated carbocycles. The average molecular weight is 296 g/mol. The molecule has 1 atom stereocenters. The largest absolute Gasteiger partial charge is 0.336 e. The van der Waals surface area contributed by atoms with Crippen LogP contribution in [-0.2, 0) is 0 Å². The summed E-state index contributed by atoms with van der Waals surface area (Å²) in [7, 11) is 0. The van der Waals surface area contributed by atoms with Crippen LogP contribution in [0, 0.1) is 6.92 Å². The zero-order valence-corrected chi connectivity index (χ0v) is 12.9. The molecule has 1 aliphatic heterocycles. The van der Waals surface area contributed by atoms with Crippen molar-refractivity contribution >= 4 is 5.91 Å². The topological polar surface area (TPSA) is 58.1 Å². The van der Waals surface area contributed by atoms with Crippen molar-refractivity contribution in [1.82, 2.24) is 20.2 Å². The number of rotatable bonds is 2. The van der Waals surface area contributed by atoms with E-state index in [1.54, 1.807) is 6.20 Å². The first kappa shape index (κ1) is 14.7. The molecule has 0 bridgehead atoms. The van der Waals surface area contributed by atoms with Gasteiger partial charge in [-0.05, 0) is 13.8 Å². The summed E-state index contributed by atoms with van der Waals surface area (Å²) in [6.45, 7) is 6.23. The normalized spacial score (nSPS) is 18.3. The maximum absolute atomic E-state index is 12.6. The molecule has 1 N–H and O–H groups in total. The quantitative estimate of drug-likeness (QED) is 0.919. The standard InChI is InChI=1S/C17H20N4O/c1-12-11-21(9-8-18-12)17(22)15-10-19-16(20-13(15)2)14-6-4-3-5-7-14/h3-7,10,12,18H,8-9,11H2,1-2H3/t12-/m1/s1. The summed E-state index contributed by atoms with van der Waals surface area (Å²) in [5.74, 6) is 0.675. The fourth-order valence-corrected chi connectivity index (χ4v) is 2.69. The zero-order chi connectivity index (χ0) is 15.5. The average Bonchev–Trinajstić information content (AvgIpc) is 2.55. The lowest BCUT2D eigenvalue weighted by Crippen LogP contribution is -2.51. The number of carbonyl (C=O) groups excluding carboxylic acids is 1. The first-order valence-corrected chi connectivity index (χ1v) is 7.57. The van der Waals surface area contributed by atoms with E-state index in [0.29, 0.717) is 17.4 Å². The lowest BCUT2D eigenvalue weighted by Gasteiger charge is -2.32. The third-order valence-electron chi connectivity index (χ3n) is 3.90. The number of hydrogen-bond donors (Lipinski definition) is 1. The van der Waals surface area contributed by atoms with Crippen molar-refractivity contribution in [1.29, 1.82) is 0 Å². The number of nitrogens with zero attached hydrogens (tertiary/aromatic N) is 3. The van der Waals surface area contributed by atoms with Crippen molar-refractivity contribution < 1.29 is 4.79 Å². The Morgan fingerprint density at radius 3 is 2.77 bits per heavy atom. The van der Waals surface area contributed by atoms with Crippen LogP contribution < -0.4 is 5.32 Å². The van der Waals surface area contributed by atoms with Gasteiger partial charge in [0.2, 0.25) is 0 Å². The van der Waals surface area contributed by atoms with Crippen LogP contribution >= 0.6 is 0 Å². The Morgan fingerprint density at radius 1 is 1.32 bits per heavy atom. The molecule has 22 heavy (non-hydrogen) atoms. The minimum Gasteiger partial charge on any atom is -0.336 e. The second-order valence-electron chi connectivity index (χ2n) is 5.67. The summed E-state index contributed by atoms with van der Waals surface area (Å²) in [4.78, 5) is 23.4. The Labute approximate surface area is 130 Å². The van der Waals surface area contributed by atoms with Gasteiger partial charge in [-0.25, -0.2) is 9.97 Å². The second-order valence-corrected chi connectivity index (χ2v) is 5.67. The van der Waals surface area contributed by atoms with Crippen LogP contribution in [0.25, 0.3) is 11.4 Å². The molecule has 1 amide bonds. The lowest BCUT2D eigenvalue weighted by atomic mass is 10.1. The molecule has 2 heterocycles. The number of benzene rings is 1. The molecule has 1 aromatic heterocycles. The van der Waals surface area contributed by atoms with Crippen LogP contribution in [0.5, 0.6) is 0 Å². The highest BCUT2D eigenvalue weighted by Gasteiger charge is 2.23. The molecule has 1 aliphatic rings. The number of aryl methyl sites for hydroxylation is 1. The highest BCUT2D eigenvalue weighted by Crippen LogP contribution is 2.17. The van der Waals surface area contributed by atoms with Crippen molar-refractivity contribution in [3.63, 3.8) is 0 Å². The molecule has 0 radical (unpaired) electrons. The maximum Gasteiger partial charge on any atom is 0.257 e. The van der Waals surface area contributed by atoms with Gasteiger partial charge in [0.25, 0.3) is 5.91 Å². The third kappa shape index (κ3) is 2.99. The van der Waals surface area contributed by atoms with Gasteiger partial charge in [0.1, 0.15) is 0 Å². The van der Waals surface area contributed by atoms with E-state index in [1.165, 1.54) is 0 Å². The van der Waals surface area contributed by atoms with Crippen molar-refractivity contribution in [3.8, 4) is 11.4 Å². The van der Waals surface area contributed by atoms with E-state index in [2.05, 4.69) is 22.2 Å². The molecule has 114 valence electrons. The van der Waals surface area contributed by atoms with Gasteiger partial charge in [0.15, 0.2) is 5.82 Å². The van der Waals surface area contributed by atoms with Crippen LogP contribution in [0.4, 0.5) is 0 Å². The van der Waals surface area contributed by atoms with Crippen LogP contribution in [0.15, 0.2) is 36.5 Å². The van der Waals surface area contributed by atoms with E-state index in [9.17, 15) is 4.79 Å². The van der Waals surface area contributed by atoms with E-state index in [-0.39, 0.29) is 5.91 Å². The van der Waals surface area contributed by atoms with Crippen molar-refractivity contribution in [2.24, 2.45) is 0 Å². The number of amides is 1. The van der Waals surface area contributed by atoms with E-state index in [1.807, 2.05) is 42.2 Å². The SMILES string of the molecule is Cc1nc(-c2ccccc2)ncc1C(=O)N1CCN[C@H](C)C1. The molecule has 1 fully saturated rings. The summed E-state index contributed by atoms with van der Waals surface area (Å²) in [6, 6.07) is 10.1. The van der Waals surface area contributed by atoms with Crippen LogP contribution in [-0.4, -0.2) is 46.5 Å². The number of aromatic nitrogens is 2. The first-order valence-electron chi connectivity index (χ1n) is 7.57. The second kappa shape index (κ2) is 6.23. The first-order chi connectivity index (χ1) is 10.6. The Hall–Kier alpha value is -2.27. The number of piperazine rings is 1. The van der Waals surface area contributed by atoms with Crippen LogP contribution in [0.3, 0.4) is 0 Å². The van der Waals surface area contributed by atoms with E-state index >= 15 is 0 Å². The predicted molar refractivity (Wildman–Crippen MR) is 85.6 cm³/mol. The molecule has 0 unspecified atom stereocenters. The fraction of sp³-hybridized carbons (Fsp3) is 0.353. The minimum atomic E-state index is 0.0189. The van der Waals surface area contributed by atoms with Crippen molar-refractivity contribution in [2.45, 2.75) is 19.9 Å². The monoisotopic (exact) mass is 296 g/mol. The zero-order valence-electron chi connectivity index (χ0n) is 12.9. The Morgan fingerprint density at radius 2 is 2.09 bits per heavy atom. The number of hydrogen-bond acceptors (Lipinski definition) is 4. The molecule has 0 aliphatic carbocycles. The summed E-state index contributed by atoms with van der Waals surface area (Å²) >= 11 is 0. The highest BCUT2D eigenvalue weighted by molar-refractivity contribution is 5.95. The molecule has 1 aromatic carbocycles. The molecule has 2 aromatic rings. The molecular weight excluding hydrogens is 276 g/mol. The van der Waals surface area contributed by atoms with Gasteiger partial charge in [0, 0.05) is 37.4 Å². The smallest absolute Gasteiger partial charge is 0.257 e. The maximum atomic E-state index is 12.6. The van der Waals surface area contributed by atoms with Gasteiger partial charge < -0.3 is 10.2 Å². The molecule has 5 nitrogen and oxygen atoms in total. The van der Waals surface area contributed by atoms with E-state index in [0.717, 1.165) is 30.9 Å². The fourth-order valence-electron chi connectivity index (χ4n) is 2.69. The highest BCUT2D eigenvalue weighted by atomic mass is 16.2. The van der Waals surface area contributed by atoms with E-state index < -0.39 is 0 Å². The van der Waals surface area contributed by atoms with Crippen LogP contribution in [0.1, 0.15) is 23.0 Å². The number of carbonyl (C=O) groups is 1. The number of nitrogens with one attached hydrogen (secondary N) is 1. The molecular formula is C17H20N4O. The van der Waals surface area contributed by atoms with Crippen molar-refractivity contribution in [2.75, 3.05) is 19.6 Å². The predicted octanol–water partition coefficient (Wildman–Crippen LogP) is 1.89. The van der Waals surface area contributed by atoms with Gasteiger partial charge in [-0.1, -0.05) is 30.3 Å². The third-order valence-corrected chi connectivity index (χ3v) is 3.90. The summed E-state index contributed by atoms with van der Waals surface area (Å²) in [5.41, 5.74) is 2.28. The Balaban J connectivity index is 1.84. The van der Waals surface area contributed by atoms with Crippen LogP contribution in [0.2, 0.25) is 0 Å². The van der Waals surface area contributed by atoms with Gasteiger partial charge in [0.05, 0.1) is 11.3 Å². The Kier molecular flexibility index (Phi) is 4.15. The summed E-state index contributed by atoms with van der Waals surface area (Å²) in [6.07, 6.45) is 1.65. The Bertz CT molecular complexity index is 672. The minimum absolute atomic E-state index is 0.0189. The van der Waals surface area contributed by atoms with E-state index in [4.69, 9.17) is 0 Å². The molecule has 5 heteroatoms. The van der Waals surface area contributed by atoms with Gasteiger partial charge in [-0.15, -0.1) is 0 Å². The summed E-state index contributed by atoms with van der Waals surface area (Å²) < 4.78 is 0. The van der Waals surface area contributed by atoms with Gasteiger partial charge in [-0.3, -0.25) is 4.79 Å². The molecule has 0 spiro atoms. The lowest BCUT2D eigenvalue weighted by molar-refractivity contribution is 0.0707. The van der Waals surface area contributed by atoms with Gasteiger partial charge in [-0.2, -0.15) is 0 Å². The van der Waals surface area contributed by atoms with Crippen molar-refractivity contribution in [3.05, 3.63) is 47.8 Å². The molecule has 1 saturated heterocycles.